The Morgan fingerprint density at radius 3 is 2.83 bits per heavy atom. The maximum Gasteiger partial charge on any atom is 0.228 e. The molecule has 3 rings (SSSR count). The summed E-state index contributed by atoms with van der Waals surface area (Å²) in [4.78, 5) is 14.4. The van der Waals surface area contributed by atoms with Crippen LogP contribution in [-0.4, -0.2) is 40.6 Å². The molecule has 1 fully saturated rings. The molecule has 2 aromatic rings. The fourth-order valence-corrected chi connectivity index (χ4v) is 3.89. The van der Waals surface area contributed by atoms with Crippen LogP contribution in [0.4, 0.5) is 0 Å². The Balaban J connectivity index is 1.61. The summed E-state index contributed by atoms with van der Waals surface area (Å²) in [7, 11) is 1.91. The second-order valence-corrected chi connectivity index (χ2v) is 7.19. The third kappa shape index (κ3) is 3.78. The predicted octanol–water partition coefficient (Wildman–Crippen LogP) is 3.63. The number of rotatable bonds is 5. The molecule has 0 bridgehead atoms. The zero-order valence-corrected chi connectivity index (χ0v) is 14.4. The SMILES string of the molecule is CS[C@H]1CC[C@@H](N(C)C(=O)Cc2cc(-c3ccccc3)on2)C1. The van der Waals surface area contributed by atoms with Gasteiger partial charge in [0.05, 0.1) is 12.1 Å². The molecule has 4 nitrogen and oxygen atoms in total. The van der Waals surface area contributed by atoms with E-state index in [1.54, 1.807) is 0 Å². The molecule has 122 valence electrons. The zero-order chi connectivity index (χ0) is 16.2. The summed E-state index contributed by atoms with van der Waals surface area (Å²) in [6.45, 7) is 0. The first-order valence-electron chi connectivity index (χ1n) is 7.97. The van der Waals surface area contributed by atoms with E-state index in [4.69, 9.17) is 4.52 Å². The van der Waals surface area contributed by atoms with Crippen LogP contribution < -0.4 is 0 Å². The summed E-state index contributed by atoms with van der Waals surface area (Å²) in [5.74, 6) is 0.823. The van der Waals surface area contributed by atoms with Gasteiger partial charge in [-0.25, -0.2) is 0 Å². The molecule has 0 aliphatic heterocycles. The molecule has 0 radical (unpaired) electrons. The number of likely N-dealkylation sites (N-methyl/N-ethyl adjacent to an activating group) is 1. The number of amides is 1. The number of thioether (sulfide) groups is 1. The van der Waals surface area contributed by atoms with Crippen LogP contribution in [0, 0.1) is 0 Å². The lowest BCUT2D eigenvalue weighted by atomic mass is 10.1. The summed E-state index contributed by atoms with van der Waals surface area (Å²) >= 11 is 1.90. The first-order valence-corrected chi connectivity index (χ1v) is 9.25. The minimum atomic E-state index is 0.115. The Hall–Kier alpha value is -1.75. The second kappa shape index (κ2) is 7.21. The monoisotopic (exact) mass is 330 g/mol. The average molecular weight is 330 g/mol. The van der Waals surface area contributed by atoms with Crippen molar-refractivity contribution in [3.63, 3.8) is 0 Å². The van der Waals surface area contributed by atoms with E-state index in [2.05, 4.69) is 11.4 Å². The number of carbonyl (C=O) groups excluding carboxylic acids is 1. The Morgan fingerprint density at radius 2 is 2.13 bits per heavy atom. The molecular weight excluding hydrogens is 308 g/mol. The molecule has 0 saturated heterocycles. The third-order valence-corrected chi connectivity index (χ3v) is 5.68. The fraction of sp³-hybridized carbons (Fsp3) is 0.444. The van der Waals surface area contributed by atoms with Gasteiger partial charge < -0.3 is 9.42 Å². The van der Waals surface area contributed by atoms with Crippen LogP contribution in [0.3, 0.4) is 0 Å². The van der Waals surface area contributed by atoms with E-state index in [0.29, 0.717) is 29.2 Å². The largest absolute Gasteiger partial charge is 0.356 e. The minimum absolute atomic E-state index is 0.115. The summed E-state index contributed by atoms with van der Waals surface area (Å²) < 4.78 is 5.37. The van der Waals surface area contributed by atoms with Crippen molar-refractivity contribution in [1.29, 1.82) is 0 Å². The second-order valence-electron chi connectivity index (χ2n) is 6.05. The molecule has 1 saturated carbocycles. The fourth-order valence-electron chi connectivity index (χ4n) is 3.10. The van der Waals surface area contributed by atoms with E-state index in [1.165, 1.54) is 6.42 Å². The highest BCUT2D eigenvalue weighted by Gasteiger charge is 2.29. The Kier molecular flexibility index (Phi) is 5.06. The van der Waals surface area contributed by atoms with Crippen LogP contribution in [-0.2, 0) is 11.2 Å². The average Bonchev–Trinajstić information content (AvgIpc) is 3.24. The van der Waals surface area contributed by atoms with Gasteiger partial charge in [-0.1, -0.05) is 35.5 Å². The smallest absolute Gasteiger partial charge is 0.228 e. The van der Waals surface area contributed by atoms with Crippen LogP contribution in [0.15, 0.2) is 40.9 Å². The van der Waals surface area contributed by atoms with Crippen molar-refractivity contribution in [1.82, 2.24) is 10.1 Å². The lowest BCUT2D eigenvalue weighted by Crippen LogP contribution is -2.36. The summed E-state index contributed by atoms with van der Waals surface area (Å²) in [5.41, 5.74) is 1.67. The molecular formula is C18H22N2O2S. The Bertz CT molecular complexity index is 656. The topological polar surface area (TPSA) is 46.3 Å². The highest BCUT2D eigenvalue weighted by molar-refractivity contribution is 7.99. The van der Waals surface area contributed by atoms with Crippen molar-refractivity contribution in [2.24, 2.45) is 0 Å². The number of hydrogen-bond acceptors (Lipinski definition) is 4. The van der Waals surface area contributed by atoms with Gasteiger partial charge in [-0.05, 0) is 25.5 Å². The van der Waals surface area contributed by atoms with Gasteiger partial charge in [-0.2, -0.15) is 11.8 Å². The van der Waals surface area contributed by atoms with E-state index >= 15 is 0 Å². The standard InChI is InChI=1S/C18H22N2O2S/c1-20(15-8-9-16(12-15)23-2)18(21)11-14-10-17(22-19-14)13-6-4-3-5-7-13/h3-7,10,15-16H,8-9,11-12H2,1-2H3/t15-,16+/m1/s1. The number of hydrogen-bond donors (Lipinski definition) is 0. The number of carbonyl (C=O) groups is 1. The first kappa shape index (κ1) is 16.1. The molecule has 1 amide bonds. The summed E-state index contributed by atoms with van der Waals surface area (Å²) in [6.07, 6.45) is 5.84. The number of aromatic nitrogens is 1. The van der Waals surface area contributed by atoms with Gasteiger partial charge in [0.2, 0.25) is 5.91 Å². The molecule has 0 N–H and O–H groups in total. The van der Waals surface area contributed by atoms with Crippen molar-refractivity contribution in [3.05, 3.63) is 42.1 Å². The van der Waals surface area contributed by atoms with Crippen LogP contribution in [0.5, 0.6) is 0 Å². The Labute approximate surface area is 141 Å². The van der Waals surface area contributed by atoms with Crippen molar-refractivity contribution in [3.8, 4) is 11.3 Å². The number of benzene rings is 1. The number of nitrogens with zero attached hydrogens (tertiary/aromatic N) is 2. The molecule has 5 heteroatoms. The predicted molar refractivity (Wildman–Crippen MR) is 93.4 cm³/mol. The first-order chi connectivity index (χ1) is 11.2. The van der Waals surface area contributed by atoms with Gasteiger partial charge in [0.25, 0.3) is 0 Å². The van der Waals surface area contributed by atoms with E-state index in [-0.39, 0.29) is 5.91 Å². The quantitative estimate of drug-likeness (QED) is 0.840. The molecule has 1 heterocycles. The molecule has 1 aliphatic rings. The molecule has 1 aromatic carbocycles. The molecule has 23 heavy (non-hydrogen) atoms. The lowest BCUT2D eigenvalue weighted by Gasteiger charge is -2.24. The van der Waals surface area contributed by atoms with Crippen LogP contribution in [0.25, 0.3) is 11.3 Å². The van der Waals surface area contributed by atoms with E-state index < -0.39 is 0 Å². The van der Waals surface area contributed by atoms with E-state index in [0.717, 1.165) is 18.4 Å². The van der Waals surface area contributed by atoms with Gasteiger partial charge in [-0.3, -0.25) is 4.79 Å². The van der Waals surface area contributed by atoms with E-state index in [1.807, 2.05) is 60.1 Å². The van der Waals surface area contributed by atoms with Crippen LogP contribution >= 0.6 is 11.8 Å². The minimum Gasteiger partial charge on any atom is -0.356 e. The molecule has 0 unspecified atom stereocenters. The molecule has 0 spiro atoms. The van der Waals surface area contributed by atoms with Gasteiger partial charge in [0, 0.05) is 30.0 Å². The van der Waals surface area contributed by atoms with Gasteiger partial charge in [0.1, 0.15) is 0 Å². The highest BCUT2D eigenvalue weighted by Crippen LogP contribution is 2.31. The Morgan fingerprint density at radius 1 is 1.35 bits per heavy atom. The lowest BCUT2D eigenvalue weighted by molar-refractivity contribution is -0.131. The van der Waals surface area contributed by atoms with Crippen LogP contribution in [0.1, 0.15) is 25.0 Å². The van der Waals surface area contributed by atoms with Crippen molar-refractivity contribution in [2.45, 2.75) is 37.0 Å². The van der Waals surface area contributed by atoms with Gasteiger partial charge in [-0.15, -0.1) is 0 Å². The summed E-state index contributed by atoms with van der Waals surface area (Å²) in [6, 6.07) is 12.0. The van der Waals surface area contributed by atoms with E-state index in [9.17, 15) is 4.79 Å². The van der Waals surface area contributed by atoms with Gasteiger partial charge >= 0.3 is 0 Å². The molecule has 1 aliphatic carbocycles. The molecule has 2 atom stereocenters. The summed E-state index contributed by atoms with van der Waals surface area (Å²) in [5, 5.41) is 4.73. The normalized spacial score (nSPS) is 20.6. The maximum atomic E-state index is 12.5. The van der Waals surface area contributed by atoms with Crippen LogP contribution in [0.2, 0.25) is 0 Å². The zero-order valence-electron chi connectivity index (χ0n) is 13.6. The highest BCUT2D eigenvalue weighted by atomic mass is 32.2. The van der Waals surface area contributed by atoms with Gasteiger partial charge in [0.15, 0.2) is 5.76 Å². The van der Waals surface area contributed by atoms with Crippen molar-refractivity contribution >= 4 is 17.7 Å². The van der Waals surface area contributed by atoms with Crippen molar-refractivity contribution < 1.29 is 9.32 Å². The maximum absolute atomic E-state index is 12.5. The van der Waals surface area contributed by atoms with Crippen molar-refractivity contribution in [2.75, 3.05) is 13.3 Å². The molecule has 1 aromatic heterocycles. The third-order valence-electron chi connectivity index (χ3n) is 4.58.